The maximum absolute atomic E-state index is 12.7. The Bertz CT molecular complexity index is 823. The van der Waals surface area contributed by atoms with Crippen molar-refractivity contribution in [3.05, 3.63) is 60.2 Å². The van der Waals surface area contributed by atoms with E-state index in [9.17, 15) is 9.59 Å². The van der Waals surface area contributed by atoms with Crippen LogP contribution in [0.1, 0.15) is 36.0 Å². The number of hydrogen-bond donors (Lipinski definition) is 1. The smallest absolute Gasteiger partial charge is 0.253 e. The molecule has 0 atom stereocenters. The molecule has 0 aromatic heterocycles. The minimum Gasteiger partial charge on any atom is -0.371 e. The van der Waals surface area contributed by atoms with Gasteiger partial charge in [-0.05, 0) is 56.0 Å². The monoisotopic (exact) mass is 377 g/mol. The fraction of sp³-hybridized carbons (Fsp3) is 0.391. The molecule has 28 heavy (non-hydrogen) atoms. The topological polar surface area (TPSA) is 52.7 Å². The van der Waals surface area contributed by atoms with Crippen molar-refractivity contribution in [3.63, 3.8) is 0 Å². The second kappa shape index (κ2) is 8.46. The van der Waals surface area contributed by atoms with Gasteiger partial charge in [-0.15, -0.1) is 0 Å². The van der Waals surface area contributed by atoms with E-state index in [0.717, 1.165) is 18.8 Å². The third kappa shape index (κ3) is 4.19. The standard InChI is InChI=1S/C23H27N3O2/c27-22(24-20-9-6-10-21(17-20)25-13-4-5-14-25)18-11-15-26(16-12-18)23(28)19-7-2-1-3-8-19/h1-3,6-10,17-18H,4-5,11-16H2,(H,24,27). The molecule has 2 aliphatic rings. The van der Waals surface area contributed by atoms with Gasteiger partial charge in [-0.1, -0.05) is 24.3 Å². The molecule has 5 heteroatoms. The van der Waals surface area contributed by atoms with Gasteiger partial charge in [0.1, 0.15) is 0 Å². The average molecular weight is 377 g/mol. The van der Waals surface area contributed by atoms with Crippen molar-refractivity contribution in [1.29, 1.82) is 0 Å². The van der Waals surface area contributed by atoms with Crippen LogP contribution in [-0.4, -0.2) is 42.9 Å². The zero-order chi connectivity index (χ0) is 19.3. The first-order valence-electron chi connectivity index (χ1n) is 10.2. The Kier molecular flexibility index (Phi) is 5.60. The average Bonchev–Trinajstić information content (AvgIpc) is 3.29. The number of carbonyl (C=O) groups excluding carboxylic acids is 2. The van der Waals surface area contributed by atoms with Crippen molar-refractivity contribution >= 4 is 23.2 Å². The molecule has 2 aliphatic heterocycles. The maximum atomic E-state index is 12.7. The van der Waals surface area contributed by atoms with Crippen LogP contribution >= 0.6 is 0 Å². The van der Waals surface area contributed by atoms with Crippen LogP contribution in [0.15, 0.2) is 54.6 Å². The Morgan fingerprint density at radius 2 is 1.57 bits per heavy atom. The molecule has 2 fully saturated rings. The van der Waals surface area contributed by atoms with Crippen molar-refractivity contribution in [2.75, 3.05) is 36.4 Å². The molecule has 1 N–H and O–H groups in total. The quantitative estimate of drug-likeness (QED) is 0.882. The second-order valence-corrected chi connectivity index (χ2v) is 7.67. The summed E-state index contributed by atoms with van der Waals surface area (Å²) in [5, 5.41) is 3.08. The van der Waals surface area contributed by atoms with Gasteiger partial charge in [-0.25, -0.2) is 0 Å². The molecule has 146 valence electrons. The fourth-order valence-electron chi connectivity index (χ4n) is 4.11. The molecule has 5 nitrogen and oxygen atoms in total. The van der Waals surface area contributed by atoms with Crippen LogP contribution in [-0.2, 0) is 4.79 Å². The molecule has 0 radical (unpaired) electrons. The third-order valence-electron chi connectivity index (χ3n) is 5.76. The molecule has 0 saturated carbocycles. The lowest BCUT2D eigenvalue weighted by molar-refractivity contribution is -0.121. The summed E-state index contributed by atoms with van der Waals surface area (Å²) in [6, 6.07) is 17.5. The van der Waals surface area contributed by atoms with Crippen LogP contribution in [0.5, 0.6) is 0 Å². The summed E-state index contributed by atoms with van der Waals surface area (Å²) in [4.78, 5) is 29.5. The summed E-state index contributed by atoms with van der Waals surface area (Å²) in [7, 11) is 0. The summed E-state index contributed by atoms with van der Waals surface area (Å²) >= 11 is 0. The molecular weight excluding hydrogens is 350 g/mol. The van der Waals surface area contributed by atoms with E-state index in [2.05, 4.69) is 22.3 Å². The van der Waals surface area contributed by atoms with E-state index in [1.807, 2.05) is 47.4 Å². The Morgan fingerprint density at radius 3 is 2.29 bits per heavy atom. The van der Waals surface area contributed by atoms with Crippen LogP contribution in [0.3, 0.4) is 0 Å². The molecule has 2 heterocycles. The number of nitrogens with one attached hydrogen (secondary N) is 1. The van der Waals surface area contributed by atoms with Gasteiger partial charge in [-0.3, -0.25) is 9.59 Å². The molecule has 0 aliphatic carbocycles. The van der Waals surface area contributed by atoms with Gasteiger partial charge in [-0.2, -0.15) is 0 Å². The number of piperidine rings is 1. The highest BCUT2D eigenvalue weighted by molar-refractivity contribution is 5.95. The Morgan fingerprint density at radius 1 is 0.857 bits per heavy atom. The van der Waals surface area contributed by atoms with E-state index in [0.29, 0.717) is 31.5 Å². The van der Waals surface area contributed by atoms with E-state index < -0.39 is 0 Å². The minimum absolute atomic E-state index is 0.0460. The van der Waals surface area contributed by atoms with E-state index in [-0.39, 0.29) is 17.7 Å². The normalized spacial score (nSPS) is 17.6. The first-order chi connectivity index (χ1) is 13.7. The zero-order valence-electron chi connectivity index (χ0n) is 16.1. The Labute approximate surface area is 166 Å². The van der Waals surface area contributed by atoms with Crippen LogP contribution in [0.25, 0.3) is 0 Å². The number of hydrogen-bond acceptors (Lipinski definition) is 3. The SMILES string of the molecule is O=C(Nc1cccc(N2CCCC2)c1)C1CCN(C(=O)c2ccccc2)CC1. The van der Waals surface area contributed by atoms with Crippen LogP contribution in [0.4, 0.5) is 11.4 Å². The highest BCUT2D eigenvalue weighted by atomic mass is 16.2. The largest absolute Gasteiger partial charge is 0.371 e. The van der Waals surface area contributed by atoms with Crippen molar-refractivity contribution in [2.24, 2.45) is 5.92 Å². The molecule has 2 aromatic rings. The van der Waals surface area contributed by atoms with Gasteiger partial charge in [0.05, 0.1) is 0 Å². The van der Waals surface area contributed by atoms with Crippen LogP contribution < -0.4 is 10.2 Å². The number of nitrogens with zero attached hydrogens (tertiary/aromatic N) is 2. The van der Waals surface area contributed by atoms with Crippen LogP contribution in [0.2, 0.25) is 0 Å². The predicted octanol–water partition coefficient (Wildman–Crippen LogP) is 3.78. The van der Waals surface area contributed by atoms with Gasteiger partial charge in [0.2, 0.25) is 5.91 Å². The van der Waals surface area contributed by atoms with Gasteiger partial charge >= 0.3 is 0 Å². The second-order valence-electron chi connectivity index (χ2n) is 7.67. The highest BCUT2D eigenvalue weighted by Crippen LogP contribution is 2.25. The summed E-state index contributed by atoms with van der Waals surface area (Å²) in [6.07, 6.45) is 3.88. The van der Waals surface area contributed by atoms with E-state index >= 15 is 0 Å². The summed E-state index contributed by atoms with van der Waals surface area (Å²) in [5.41, 5.74) is 2.75. The number of anilines is 2. The van der Waals surface area contributed by atoms with Gasteiger partial charge in [0.25, 0.3) is 5.91 Å². The fourth-order valence-corrected chi connectivity index (χ4v) is 4.11. The van der Waals surface area contributed by atoms with Crippen molar-refractivity contribution in [1.82, 2.24) is 4.90 Å². The summed E-state index contributed by atoms with van der Waals surface area (Å²) in [6.45, 7) is 3.43. The van der Waals surface area contributed by atoms with Gasteiger partial charge in [0.15, 0.2) is 0 Å². The summed E-state index contributed by atoms with van der Waals surface area (Å²) in [5.74, 6) is 0.0680. The number of amides is 2. The first-order valence-corrected chi connectivity index (χ1v) is 10.2. The van der Waals surface area contributed by atoms with E-state index in [4.69, 9.17) is 0 Å². The summed E-state index contributed by atoms with van der Waals surface area (Å²) < 4.78 is 0. The van der Waals surface area contributed by atoms with E-state index in [1.54, 1.807) is 0 Å². The maximum Gasteiger partial charge on any atom is 0.253 e. The molecule has 0 spiro atoms. The lowest BCUT2D eigenvalue weighted by Gasteiger charge is -2.31. The Balaban J connectivity index is 1.32. The predicted molar refractivity (Wildman–Crippen MR) is 112 cm³/mol. The number of likely N-dealkylation sites (tertiary alicyclic amines) is 1. The number of rotatable bonds is 4. The van der Waals surface area contributed by atoms with Crippen molar-refractivity contribution in [2.45, 2.75) is 25.7 Å². The molecule has 2 aromatic carbocycles. The molecule has 0 bridgehead atoms. The van der Waals surface area contributed by atoms with Crippen LogP contribution in [0, 0.1) is 5.92 Å². The lowest BCUT2D eigenvalue weighted by atomic mass is 9.95. The number of benzene rings is 2. The molecule has 2 saturated heterocycles. The molecule has 4 rings (SSSR count). The van der Waals surface area contributed by atoms with Gasteiger partial charge in [0, 0.05) is 49.0 Å². The first kappa shape index (κ1) is 18.5. The van der Waals surface area contributed by atoms with Crippen molar-refractivity contribution < 1.29 is 9.59 Å². The minimum atomic E-state index is -0.0460. The lowest BCUT2D eigenvalue weighted by Crippen LogP contribution is -2.41. The third-order valence-corrected chi connectivity index (χ3v) is 5.76. The van der Waals surface area contributed by atoms with E-state index in [1.165, 1.54) is 18.5 Å². The zero-order valence-corrected chi connectivity index (χ0v) is 16.1. The molecule has 0 unspecified atom stereocenters. The highest BCUT2D eigenvalue weighted by Gasteiger charge is 2.28. The number of carbonyl (C=O) groups is 2. The van der Waals surface area contributed by atoms with Gasteiger partial charge < -0.3 is 15.1 Å². The Hall–Kier alpha value is -2.82. The molecule has 2 amide bonds. The van der Waals surface area contributed by atoms with Crippen molar-refractivity contribution in [3.8, 4) is 0 Å². The molecular formula is C23H27N3O2.